The Balaban J connectivity index is 1.20. The van der Waals surface area contributed by atoms with Gasteiger partial charge in [0.15, 0.2) is 21.4 Å². The molecule has 2 aliphatic heterocycles. The number of benzene rings is 2. The van der Waals surface area contributed by atoms with Crippen molar-refractivity contribution in [3.05, 3.63) is 53.8 Å². The third kappa shape index (κ3) is 8.44. The van der Waals surface area contributed by atoms with E-state index in [2.05, 4.69) is 21.6 Å². The average Bonchev–Trinajstić information content (AvgIpc) is 3.00. The number of carbonyl (C=O) groups is 2. The Morgan fingerprint density at radius 3 is 2.67 bits per heavy atom. The number of sulfone groups is 1. The van der Waals surface area contributed by atoms with Gasteiger partial charge in [-0.25, -0.2) is 12.8 Å². The summed E-state index contributed by atoms with van der Waals surface area (Å²) in [7, 11) is -2.51. The monoisotopic (exact) mass is 603 g/mol. The lowest BCUT2D eigenvalue weighted by atomic mass is 9.73. The lowest BCUT2D eigenvalue weighted by Crippen LogP contribution is -2.50. The second kappa shape index (κ2) is 14.8. The minimum absolute atomic E-state index is 0.0429. The summed E-state index contributed by atoms with van der Waals surface area (Å²) >= 11 is 0. The highest BCUT2D eigenvalue weighted by molar-refractivity contribution is 7.91. The molecular weight excluding hydrogens is 561 g/mol. The van der Waals surface area contributed by atoms with Gasteiger partial charge in [-0.05, 0) is 75.0 Å². The Bertz CT molecular complexity index is 1330. The second-order valence-electron chi connectivity index (χ2n) is 11.1. The van der Waals surface area contributed by atoms with E-state index in [-0.39, 0.29) is 28.9 Å². The Hall–Kier alpha value is -3.18. The molecule has 1 fully saturated rings. The van der Waals surface area contributed by atoms with Crippen molar-refractivity contribution in [2.45, 2.75) is 56.3 Å². The first kappa shape index (κ1) is 31.7. The zero-order valence-corrected chi connectivity index (χ0v) is 25.1. The van der Waals surface area contributed by atoms with Crippen LogP contribution in [0.2, 0.25) is 0 Å². The predicted octanol–water partition coefficient (Wildman–Crippen LogP) is 3.51. The third-order valence-electron chi connectivity index (χ3n) is 8.34. The first-order chi connectivity index (χ1) is 20.2. The van der Waals surface area contributed by atoms with Crippen molar-refractivity contribution in [3.63, 3.8) is 0 Å². The number of fused-ring (bicyclic) bond motifs is 1. The van der Waals surface area contributed by atoms with Crippen LogP contribution in [0.4, 0.5) is 4.39 Å². The number of piperidine rings is 1. The number of rotatable bonds is 8. The standard InChI is InChI=1S/C31H42FN3O6S/c1-40-28-11-10-25(23-26(28)32)42(38,39)22-12-29(36)33-16-20-35-18-14-31(15-19-35)13-6-2-3-7-24-8-4-5-9-27(24)41-21-17-34-30(31)37/h4-5,8-11,23H,2-3,6-7,12-22H2,1H3,(H,33,36)(H,34,37). The number of methoxy groups -OCH3 is 1. The van der Waals surface area contributed by atoms with E-state index in [1.807, 2.05) is 18.2 Å². The number of hydrogen-bond acceptors (Lipinski definition) is 7. The molecule has 0 aliphatic carbocycles. The topological polar surface area (TPSA) is 114 Å². The van der Waals surface area contributed by atoms with Gasteiger partial charge in [0.1, 0.15) is 12.4 Å². The minimum atomic E-state index is -3.81. The number of likely N-dealkylation sites (tertiary alicyclic amines) is 1. The molecule has 2 aromatic rings. The van der Waals surface area contributed by atoms with Crippen molar-refractivity contribution in [1.82, 2.24) is 15.5 Å². The molecule has 1 spiro atoms. The average molecular weight is 604 g/mol. The Labute approximate surface area is 248 Å². The zero-order chi connectivity index (χ0) is 30.0. The van der Waals surface area contributed by atoms with Crippen LogP contribution in [0.25, 0.3) is 0 Å². The van der Waals surface area contributed by atoms with Gasteiger partial charge >= 0.3 is 0 Å². The van der Waals surface area contributed by atoms with Crippen LogP contribution in [0.1, 0.15) is 50.5 Å². The molecule has 2 aromatic carbocycles. The second-order valence-corrected chi connectivity index (χ2v) is 13.2. The number of aryl methyl sites for hydroxylation is 1. The molecule has 0 unspecified atom stereocenters. The van der Waals surface area contributed by atoms with Crippen LogP contribution in [0.5, 0.6) is 11.5 Å². The van der Waals surface area contributed by atoms with Gasteiger partial charge in [-0.2, -0.15) is 0 Å². The van der Waals surface area contributed by atoms with Crippen LogP contribution < -0.4 is 20.1 Å². The summed E-state index contributed by atoms with van der Waals surface area (Å²) in [5, 5.41) is 5.91. The molecule has 2 heterocycles. The van der Waals surface area contributed by atoms with Crippen molar-refractivity contribution in [2.24, 2.45) is 5.41 Å². The van der Waals surface area contributed by atoms with Gasteiger partial charge in [0.2, 0.25) is 11.8 Å². The predicted molar refractivity (Wildman–Crippen MR) is 158 cm³/mol. The van der Waals surface area contributed by atoms with Crippen LogP contribution in [0.3, 0.4) is 0 Å². The van der Waals surface area contributed by atoms with Crippen molar-refractivity contribution < 1.29 is 31.9 Å². The quantitative estimate of drug-likeness (QED) is 0.475. The fraction of sp³-hybridized carbons (Fsp3) is 0.548. The van der Waals surface area contributed by atoms with E-state index in [1.165, 1.54) is 24.8 Å². The van der Waals surface area contributed by atoms with Crippen LogP contribution in [0, 0.1) is 11.2 Å². The first-order valence-corrected chi connectivity index (χ1v) is 16.4. The van der Waals surface area contributed by atoms with Gasteiger partial charge in [0, 0.05) is 19.5 Å². The molecule has 2 amide bonds. The van der Waals surface area contributed by atoms with E-state index in [9.17, 15) is 22.4 Å². The number of halogens is 1. The maximum Gasteiger partial charge on any atom is 0.226 e. The fourth-order valence-electron chi connectivity index (χ4n) is 5.74. The fourth-order valence-corrected chi connectivity index (χ4v) is 6.99. The van der Waals surface area contributed by atoms with E-state index in [0.717, 1.165) is 69.9 Å². The Morgan fingerprint density at radius 1 is 1.12 bits per heavy atom. The summed E-state index contributed by atoms with van der Waals surface area (Å²) in [5.41, 5.74) is 0.822. The van der Waals surface area contributed by atoms with Crippen LogP contribution in [-0.2, 0) is 25.8 Å². The first-order valence-electron chi connectivity index (χ1n) is 14.8. The molecule has 9 nitrogen and oxygen atoms in total. The smallest absolute Gasteiger partial charge is 0.226 e. The molecule has 2 aliphatic rings. The zero-order valence-electron chi connectivity index (χ0n) is 24.3. The molecule has 0 bridgehead atoms. The molecule has 0 saturated carbocycles. The van der Waals surface area contributed by atoms with Crippen LogP contribution in [0.15, 0.2) is 47.4 Å². The van der Waals surface area contributed by atoms with Crippen molar-refractivity contribution in [3.8, 4) is 11.5 Å². The Morgan fingerprint density at radius 2 is 1.90 bits per heavy atom. The SMILES string of the molecule is COc1ccc(S(=O)(=O)CCC(=O)NCCN2CCC3(CCCCCc4ccccc4OCCNC3=O)CC2)cc1F. The third-order valence-corrected chi connectivity index (χ3v) is 10.1. The maximum absolute atomic E-state index is 13.9. The van der Waals surface area contributed by atoms with Crippen molar-refractivity contribution in [1.29, 1.82) is 0 Å². The summed E-state index contributed by atoms with van der Waals surface area (Å²) in [4.78, 5) is 27.7. The lowest BCUT2D eigenvalue weighted by Gasteiger charge is -2.41. The van der Waals surface area contributed by atoms with Gasteiger partial charge in [0.05, 0.1) is 29.7 Å². The molecular formula is C31H42FN3O6S. The van der Waals surface area contributed by atoms with E-state index in [4.69, 9.17) is 9.47 Å². The lowest BCUT2D eigenvalue weighted by molar-refractivity contribution is -0.134. The van der Waals surface area contributed by atoms with E-state index in [1.54, 1.807) is 0 Å². The summed E-state index contributed by atoms with van der Waals surface area (Å²) in [5.74, 6) is -0.600. The number of para-hydroxylation sites is 1. The molecule has 11 heteroatoms. The largest absolute Gasteiger partial charge is 0.494 e. The van der Waals surface area contributed by atoms with Gasteiger partial charge in [-0.3, -0.25) is 9.59 Å². The number of amides is 2. The number of carbonyl (C=O) groups excluding carboxylic acids is 2. The van der Waals surface area contributed by atoms with Crippen LogP contribution in [-0.4, -0.2) is 77.3 Å². The molecule has 230 valence electrons. The summed E-state index contributed by atoms with van der Waals surface area (Å²) < 4.78 is 49.8. The number of nitrogens with one attached hydrogen (secondary N) is 2. The molecule has 42 heavy (non-hydrogen) atoms. The molecule has 0 radical (unpaired) electrons. The number of nitrogens with zero attached hydrogens (tertiary/aromatic N) is 1. The molecule has 1 saturated heterocycles. The minimum Gasteiger partial charge on any atom is -0.494 e. The Kier molecular flexibility index (Phi) is 11.2. The van der Waals surface area contributed by atoms with Crippen LogP contribution >= 0.6 is 0 Å². The summed E-state index contributed by atoms with van der Waals surface area (Å²) in [6.45, 7) is 3.40. The molecule has 0 atom stereocenters. The van der Waals surface area contributed by atoms with E-state index < -0.39 is 26.8 Å². The van der Waals surface area contributed by atoms with Gasteiger partial charge in [-0.1, -0.05) is 31.0 Å². The van der Waals surface area contributed by atoms with E-state index >= 15 is 0 Å². The summed E-state index contributed by atoms with van der Waals surface area (Å²) in [6, 6.07) is 11.5. The number of hydrogen-bond donors (Lipinski definition) is 2. The van der Waals surface area contributed by atoms with E-state index in [0.29, 0.717) is 26.2 Å². The normalized spacial score (nSPS) is 18.4. The summed E-state index contributed by atoms with van der Waals surface area (Å²) in [6.07, 6.45) is 6.24. The highest BCUT2D eigenvalue weighted by Crippen LogP contribution is 2.37. The number of ether oxygens (including phenoxy) is 2. The molecule has 0 aromatic heterocycles. The molecule has 4 rings (SSSR count). The van der Waals surface area contributed by atoms with Crippen molar-refractivity contribution >= 4 is 21.7 Å². The maximum atomic E-state index is 13.9. The van der Waals surface area contributed by atoms with Gasteiger partial charge in [-0.15, -0.1) is 0 Å². The highest BCUT2D eigenvalue weighted by atomic mass is 32.2. The van der Waals surface area contributed by atoms with Gasteiger partial charge in [0.25, 0.3) is 0 Å². The van der Waals surface area contributed by atoms with Crippen molar-refractivity contribution in [2.75, 3.05) is 52.2 Å². The highest BCUT2D eigenvalue weighted by Gasteiger charge is 2.40. The molecule has 2 N–H and O–H groups in total. The van der Waals surface area contributed by atoms with Gasteiger partial charge < -0.3 is 25.0 Å².